The van der Waals surface area contributed by atoms with Crippen LogP contribution in [0.3, 0.4) is 0 Å². The second-order valence-corrected chi connectivity index (χ2v) is 8.80. The topological polar surface area (TPSA) is 65.1 Å². The molecule has 0 bridgehead atoms. The normalized spacial score (nSPS) is 12.2. The fourth-order valence-corrected chi connectivity index (χ4v) is 5.43. The Morgan fingerprint density at radius 3 is 2.21 bits per heavy atom. The van der Waals surface area contributed by atoms with Gasteiger partial charge in [-0.3, -0.25) is 0 Å². The molecule has 0 saturated carbocycles. The number of fused-ring (bicyclic) bond motifs is 5. The minimum atomic E-state index is -3.81. The van der Waals surface area contributed by atoms with Crippen LogP contribution in [0.2, 0.25) is 0 Å². The molecule has 4 nitrogen and oxygen atoms in total. The van der Waals surface area contributed by atoms with Crippen molar-refractivity contribution in [3.05, 3.63) is 84.4 Å². The second kappa shape index (κ2) is 5.84. The standard InChI is InChI=1S/C23H18N2O2S/c1-15-10-12-17(13-11-15)28(26,27)25-21-9-5-4-8-19(21)22-20(24)14-16-6-2-3-7-18(16)23(22)25/h2-14H,24H2,1H3. The molecule has 0 amide bonds. The molecule has 0 aliphatic rings. The van der Waals surface area contributed by atoms with Crippen molar-refractivity contribution in [1.29, 1.82) is 0 Å². The summed E-state index contributed by atoms with van der Waals surface area (Å²) in [6.45, 7) is 1.94. The van der Waals surface area contributed by atoms with E-state index in [-0.39, 0.29) is 4.90 Å². The maximum atomic E-state index is 13.7. The first-order chi connectivity index (χ1) is 13.5. The van der Waals surface area contributed by atoms with Crippen LogP contribution in [0, 0.1) is 6.92 Å². The van der Waals surface area contributed by atoms with E-state index in [4.69, 9.17) is 5.73 Å². The predicted octanol–water partition coefficient (Wildman–Crippen LogP) is 5.08. The molecule has 5 aromatic rings. The lowest BCUT2D eigenvalue weighted by Crippen LogP contribution is -2.13. The van der Waals surface area contributed by atoms with Crippen molar-refractivity contribution in [2.45, 2.75) is 11.8 Å². The Kier molecular flexibility index (Phi) is 3.51. The highest BCUT2D eigenvalue weighted by Crippen LogP contribution is 2.40. The maximum absolute atomic E-state index is 13.7. The monoisotopic (exact) mass is 386 g/mol. The van der Waals surface area contributed by atoms with Gasteiger partial charge < -0.3 is 5.73 Å². The summed E-state index contributed by atoms with van der Waals surface area (Å²) in [6, 6.07) is 24.1. The number of rotatable bonds is 2. The lowest BCUT2D eigenvalue weighted by Gasteiger charge is -2.12. The van der Waals surface area contributed by atoms with Gasteiger partial charge in [-0.2, -0.15) is 0 Å². The molecule has 0 radical (unpaired) electrons. The number of para-hydroxylation sites is 1. The van der Waals surface area contributed by atoms with Crippen LogP contribution in [0.15, 0.2) is 83.8 Å². The number of nitrogens with zero attached hydrogens (tertiary/aromatic N) is 1. The quantitative estimate of drug-likeness (QED) is 0.431. The Bertz CT molecular complexity index is 1480. The Morgan fingerprint density at radius 2 is 1.46 bits per heavy atom. The van der Waals surface area contributed by atoms with Crippen molar-refractivity contribution in [2.75, 3.05) is 5.73 Å². The Morgan fingerprint density at radius 1 is 0.821 bits per heavy atom. The number of anilines is 1. The summed E-state index contributed by atoms with van der Waals surface area (Å²) in [6.07, 6.45) is 0. The van der Waals surface area contributed by atoms with Gasteiger partial charge in [-0.25, -0.2) is 12.4 Å². The first-order valence-corrected chi connectivity index (χ1v) is 10.4. The molecule has 0 saturated heterocycles. The van der Waals surface area contributed by atoms with Gasteiger partial charge in [0.1, 0.15) is 0 Å². The van der Waals surface area contributed by atoms with E-state index in [0.717, 1.165) is 27.1 Å². The van der Waals surface area contributed by atoms with E-state index in [1.165, 1.54) is 3.97 Å². The number of aryl methyl sites for hydroxylation is 1. The van der Waals surface area contributed by atoms with Gasteiger partial charge in [0.15, 0.2) is 0 Å². The fourth-order valence-electron chi connectivity index (χ4n) is 3.89. The largest absolute Gasteiger partial charge is 0.398 e. The van der Waals surface area contributed by atoms with Gasteiger partial charge in [0, 0.05) is 21.8 Å². The highest BCUT2D eigenvalue weighted by molar-refractivity contribution is 7.90. The molecule has 0 unspecified atom stereocenters. The van der Waals surface area contributed by atoms with E-state index >= 15 is 0 Å². The molecule has 138 valence electrons. The van der Waals surface area contributed by atoms with E-state index in [2.05, 4.69) is 0 Å². The van der Waals surface area contributed by atoms with Gasteiger partial charge >= 0.3 is 0 Å². The summed E-state index contributed by atoms with van der Waals surface area (Å²) in [5.74, 6) is 0. The van der Waals surface area contributed by atoms with Crippen molar-refractivity contribution in [3.63, 3.8) is 0 Å². The van der Waals surface area contributed by atoms with E-state index in [9.17, 15) is 8.42 Å². The molecule has 5 rings (SSSR count). The average molecular weight is 386 g/mol. The average Bonchev–Trinajstić information content (AvgIpc) is 3.05. The summed E-state index contributed by atoms with van der Waals surface area (Å²) >= 11 is 0. The van der Waals surface area contributed by atoms with Crippen molar-refractivity contribution >= 4 is 48.3 Å². The van der Waals surface area contributed by atoms with Crippen LogP contribution in [0.5, 0.6) is 0 Å². The van der Waals surface area contributed by atoms with Crippen LogP contribution < -0.4 is 5.73 Å². The van der Waals surface area contributed by atoms with E-state index in [0.29, 0.717) is 16.7 Å². The molecule has 1 aromatic heterocycles. The molecular formula is C23H18N2O2S. The molecule has 28 heavy (non-hydrogen) atoms. The molecule has 0 spiro atoms. The zero-order chi connectivity index (χ0) is 19.5. The number of nitrogens with two attached hydrogens (primary N) is 1. The minimum Gasteiger partial charge on any atom is -0.398 e. The SMILES string of the molecule is Cc1ccc(S(=O)(=O)n2c3ccccc3c3c(N)cc4ccccc4c32)cc1. The first-order valence-electron chi connectivity index (χ1n) is 9.01. The number of nitrogen functional groups attached to an aromatic ring is 1. The van der Waals surface area contributed by atoms with Crippen molar-refractivity contribution < 1.29 is 8.42 Å². The van der Waals surface area contributed by atoms with Gasteiger partial charge in [-0.15, -0.1) is 0 Å². The molecule has 2 N–H and O–H groups in total. The number of hydrogen-bond acceptors (Lipinski definition) is 3. The van der Waals surface area contributed by atoms with Gasteiger partial charge in [0.05, 0.1) is 15.9 Å². The van der Waals surface area contributed by atoms with Gasteiger partial charge in [0.2, 0.25) is 0 Å². The van der Waals surface area contributed by atoms with Crippen LogP contribution in [0.4, 0.5) is 5.69 Å². The Balaban J connectivity index is 2.04. The zero-order valence-corrected chi connectivity index (χ0v) is 16.1. The molecular weight excluding hydrogens is 368 g/mol. The van der Waals surface area contributed by atoms with Crippen LogP contribution in [-0.2, 0) is 10.0 Å². The number of hydrogen-bond donors (Lipinski definition) is 1. The summed E-state index contributed by atoms with van der Waals surface area (Å²) in [7, 11) is -3.81. The molecule has 0 fully saturated rings. The van der Waals surface area contributed by atoms with Gasteiger partial charge in [-0.1, -0.05) is 60.2 Å². The molecule has 1 heterocycles. The summed E-state index contributed by atoms with van der Waals surface area (Å²) < 4.78 is 28.9. The summed E-state index contributed by atoms with van der Waals surface area (Å²) in [5.41, 5.74) is 9.23. The fraction of sp³-hybridized carbons (Fsp3) is 0.0435. The minimum absolute atomic E-state index is 0.257. The lowest BCUT2D eigenvalue weighted by atomic mass is 10.0. The van der Waals surface area contributed by atoms with Gasteiger partial charge in [-0.05, 0) is 36.6 Å². The van der Waals surface area contributed by atoms with Crippen LogP contribution in [-0.4, -0.2) is 12.4 Å². The highest BCUT2D eigenvalue weighted by atomic mass is 32.2. The highest BCUT2D eigenvalue weighted by Gasteiger charge is 2.25. The van der Waals surface area contributed by atoms with E-state index < -0.39 is 10.0 Å². The molecule has 0 atom stereocenters. The smallest absolute Gasteiger partial charge is 0.268 e. The van der Waals surface area contributed by atoms with Crippen molar-refractivity contribution in [2.24, 2.45) is 0 Å². The van der Waals surface area contributed by atoms with Crippen LogP contribution in [0.25, 0.3) is 32.6 Å². The number of aromatic nitrogens is 1. The van der Waals surface area contributed by atoms with Gasteiger partial charge in [0.25, 0.3) is 10.0 Å². The van der Waals surface area contributed by atoms with Crippen molar-refractivity contribution in [3.8, 4) is 0 Å². The Labute approximate surface area is 162 Å². The molecule has 0 aliphatic heterocycles. The van der Waals surface area contributed by atoms with Crippen molar-refractivity contribution in [1.82, 2.24) is 3.97 Å². The molecule has 4 aromatic carbocycles. The van der Waals surface area contributed by atoms with E-state index in [1.54, 1.807) is 12.1 Å². The first kappa shape index (κ1) is 16.8. The molecule has 0 aliphatic carbocycles. The van der Waals surface area contributed by atoms with Crippen LogP contribution >= 0.6 is 0 Å². The second-order valence-electron chi connectivity index (χ2n) is 7.01. The third-order valence-electron chi connectivity index (χ3n) is 5.21. The zero-order valence-electron chi connectivity index (χ0n) is 15.3. The predicted molar refractivity (Wildman–Crippen MR) is 115 cm³/mol. The molecule has 5 heteroatoms. The van der Waals surface area contributed by atoms with E-state index in [1.807, 2.05) is 73.7 Å². The van der Waals surface area contributed by atoms with Crippen LogP contribution in [0.1, 0.15) is 5.56 Å². The summed E-state index contributed by atoms with van der Waals surface area (Å²) in [4.78, 5) is 0.257. The maximum Gasteiger partial charge on any atom is 0.268 e. The Hall–Kier alpha value is -3.31. The number of benzene rings is 4. The third-order valence-corrected chi connectivity index (χ3v) is 6.93. The third kappa shape index (κ3) is 2.26. The lowest BCUT2D eigenvalue weighted by molar-refractivity contribution is 0.590. The summed E-state index contributed by atoms with van der Waals surface area (Å²) in [5, 5.41) is 3.37.